The summed E-state index contributed by atoms with van der Waals surface area (Å²) in [5.41, 5.74) is 1.17. The zero-order valence-electron chi connectivity index (χ0n) is 19.2. The van der Waals surface area contributed by atoms with E-state index in [0.717, 1.165) is 12.1 Å². The summed E-state index contributed by atoms with van der Waals surface area (Å²) < 4.78 is 43.8. The predicted molar refractivity (Wildman–Crippen MR) is 130 cm³/mol. The van der Waals surface area contributed by atoms with Crippen LogP contribution in [0.2, 0.25) is 5.02 Å². The maximum absolute atomic E-state index is 12.9. The minimum atomic E-state index is -4.67. The van der Waals surface area contributed by atoms with E-state index < -0.39 is 40.1 Å². The minimum Gasteiger partial charge on any atom is -0.423 e. The highest BCUT2D eigenvalue weighted by atomic mass is 35.5. The lowest BCUT2D eigenvalue weighted by Crippen LogP contribution is -2.33. The quantitative estimate of drug-likeness (QED) is 0.111. The number of anilines is 1. The number of esters is 1. The number of non-ortho nitro benzene ring substituents is 1. The number of hydrogen-bond donors (Lipinski definition) is 2. The van der Waals surface area contributed by atoms with Gasteiger partial charge in [0.25, 0.3) is 5.69 Å². The first-order valence-corrected chi connectivity index (χ1v) is 10.8. The molecule has 3 aromatic carbocycles. The van der Waals surface area contributed by atoms with Crippen LogP contribution in [-0.4, -0.2) is 28.4 Å². The molecule has 2 amide bonds. The Hall–Kier alpha value is -4.78. The molecule has 2 N–H and O–H groups in total. The van der Waals surface area contributed by atoms with Gasteiger partial charge in [-0.25, -0.2) is 10.2 Å². The molecule has 0 unspecified atom stereocenters. The highest BCUT2D eigenvalue weighted by Crippen LogP contribution is 2.33. The number of carbonyl (C=O) groups excluding carboxylic acids is 3. The Labute approximate surface area is 217 Å². The van der Waals surface area contributed by atoms with Gasteiger partial charge in [-0.05, 0) is 67.1 Å². The molecule has 0 aliphatic heterocycles. The van der Waals surface area contributed by atoms with Crippen molar-refractivity contribution in [2.24, 2.45) is 5.10 Å². The average molecular weight is 549 g/mol. The maximum atomic E-state index is 12.9. The molecule has 0 spiro atoms. The van der Waals surface area contributed by atoms with E-state index in [-0.39, 0.29) is 27.7 Å². The van der Waals surface area contributed by atoms with Crippen LogP contribution in [0.5, 0.6) is 5.75 Å². The first-order valence-electron chi connectivity index (χ1n) is 10.4. The smallest absolute Gasteiger partial charge is 0.416 e. The number of nitro benzene ring substituents is 1. The van der Waals surface area contributed by atoms with Gasteiger partial charge in [-0.3, -0.25) is 19.7 Å². The first-order chi connectivity index (χ1) is 17.8. The summed E-state index contributed by atoms with van der Waals surface area (Å²) in [7, 11) is 0. The minimum absolute atomic E-state index is 0.102. The van der Waals surface area contributed by atoms with E-state index in [2.05, 4.69) is 5.10 Å². The molecule has 14 heteroatoms. The molecule has 10 nitrogen and oxygen atoms in total. The molecule has 3 rings (SSSR count). The Kier molecular flexibility index (Phi) is 8.43. The monoisotopic (exact) mass is 548 g/mol. The molecule has 0 saturated carbocycles. The molecular formula is C24H16ClF3N4O6. The number of rotatable bonds is 6. The van der Waals surface area contributed by atoms with Crippen LogP contribution in [0.25, 0.3) is 0 Å². The van der Waals surface area contributed by atoms with Crippen molar-refractivity contribution in [3.63, 3.8) is 0 Å². The van der Waals surface area contributed by atoms with Crippen LogP contribution in [-0.2, 0) is 15.8 Å². The number of nitro groups is 1. The highest BCUT2D eigenvalue weighted by Gasteiger charge is 2.31. The van der Waals surface area contributed by atoms with Crippen LogP contribution < -0.4 is 15.5 Å². The standard InChI is InChI=1S/C24H16ClF3N4O6/c1-13(30-31-22(34)21(33)29-20-12-16(24(26,27)28)6-11-19(20)25)14-4-9-18(10-5-14)38-23(35)15-2-7-17(8-3-15)32(36)37/h2-12H,1H3,(H,29,33)(H,31,34). The van der Waals surface area contributed by atoms with E-state index in [1.165, 1.54) is 55.5 Å². The third-order valence-corrected chi connectivity index (χ3v) is 5.20. The van der Waals surface area contributed by atoms with E-state index in [1.807, 2.05) is 10.7 Å². The number of ether oxygens (including phenoxy) is 1. The number of halogens is 4. The molecule has 0 atom stereocenters. The van der Waals surface area contributed by atoms with Gasteiger partial charge in [-0.1, -0.05) is 11.6 Å². The first kappa shape index (κ1) is 27.8. The number of nitrogens with one attached hydrogen (secondary N) is 2. The zero-order valence-corrected chi connectivity index (χ0v) is 20.0. The molecule has 0 aromatic heterocycles. The van der Waals surface area contributed by atoms with Gasteiger partial charge in [-0.2, -0.15) is 18.3 Å². The van der Waals surface area contributed by atoms with Gasteiger partial charge in [0.15, 0.2) is 0 Å². The normalized spacial score (nSPS) is 11.4. The fourth-order valence-electron chi connectivity index (χ4n) is 2.88. The Morgan fingerprint density at radius 3 is 2.13 bits per heavy atom. The van der Waals surface area contributed by atoms with Gasteiger partial charge in [0.05, 0.1) is 32.5 Å². The lowest BCUT2D eigenvalue weighted by Gasteiger charge is -2.11. The topological polar surface area (TPSA) is 140 Å². The summed E-state index contributed by atoms with van der Waals surface area (Å²) in [6.07, 6.45) is -4.67. The molecule has 0 aliphatic rings. The number of hydrazone groups is 1. The van der Waals surface area contributed by atoms with Crippen molar-refractivity contribution < 1.29 is 37.2 Å². The van der Waals surface area contributed by atoms with Crippen molar-refractivity contribution in [3.05, 3.63) is 98.6 Å². The number of hydrogen-bond acceptors (Lipinski definition) is 7. The number of amides is 2. The van der Waals surface area contributed by atoms with Gasteiger partial charge >= 0.3 is 24.0 Å². The molecular weight excluding hydrogens is 533 g/mol. The Balaban J connectivity index is 1.59. The van der Waals surface area contributed by atoms with Crippen LogP contribution in [0, 0.1) is 10.1 Å². The number of benzene rings is 3. The SMILES string of the molecule is CC(=NNC(=O)C(=O)Nc1cc(C(F)(F)F)ccc1Cl)c1ccc(OC(=O)c2ccc([N+](=O)[O-])cc2)cc1. The van der Waals surface area contributed by atoms with Crippen LogP contribution in [0.3, 0.4) is 0 Å². The van der Waals surface area contributed by atoms with Crippen molar-refractivity contribution >= 4 is 46.5 Å². The lowest BCUT2D eigenvalue weighted by molar-refractivity contribution is -0.384. The summed E-state index contributed by atoms with van der Waals surface area (Å²) in [5, 5.41) is 16.3. The van der Waals surface area contributed by atoms with Crippen LogP contribution in [0.4, 0.5) is 24.5 Å². The van der Waals surface area contributed by atoms with Crippen molar-refractivity contribution in [2.75, 3.05) is 5.32 Å². The molecule has 0 bridgehead atoms. The van der Waals surface area contributed by atoms with E-state index in [4.69, 9.17) is 16.3 Å². The third-order valence-electron chi connectivity index (χ3n) is 4.87. The number of nitrogens with zero attached hydrogens (tertiary/aromatic N) is 2. The predicted octanol–water partition coefficient (Wildman–Crippen LogP) is 4.97. The molecule has 0 radical (unpaired) electrons. The fourth-order valence-corrected chi connectivity index (χ4v) is 3.04. The number of alkyl halides is 3. The Morgan fingerprint density at radius 1 is 0.947 bits per heavy atom. The van der Waals surface area contributed by atoms with Crippen molar-refractivity contribution in [3.8, 4) is 5.75 Å². The largest absolute Gasteiger partial charge is 0.423 e. The van der Waals surface area contributed by atoms with Crippen LogP contribution in [0.1, 0.15) is 28.4 Å². The number of carbonyl (C=O) groups is 3. The summed E-state index contributed by atoms with van der Waals surface area (Å²) >= 11 is 5.80. The lowest BCUT2D eigenvalue weighted by atomic mass is 10.1. The highest BCUT2D eigenvalue weighted by molar-refractivity contribution is 6.41. The van der Waals surface area contributed by atoms with E-state index in [0.29, 0.717) is 11.6 Å². The summed E-state index contributed by atoms with van der Waals surface area (Å²) in [5.74, 6) is -3.13. The van der Waals surface area contributed by atoms with Gasteiger partial charge in [0.1, 0.15) is 5.75 Å². The van der Waals surface area contributed by atoms with Crippen molar-refractivity contribution in [1.29, 1.82) is 0 Å². The maximum Gasteiger partial charge on any atom is 0.416 e. The molecule has 0 heterocycles. The second-order valence-corrected chi connectivity index (χ2v) is 7.91. The van der Waals surface area contributed by atoms with Crippen LogP contribution in [0.15, 0.2) is 71.8 Å². The average Bonchev–Trinajstić information content (AvgIpc) is 2.88. The summed E-state index contributed by atoms with van der Waals surface area (Å²) in [6.45, 7) is 1.50. The Morgan fingerprint density at radius 2 is 1.55 bits per heavy atom. The second-order valence-electron chi connectivity index (χ2n) is 7.50. The van der Waals surface area contributed by atoms with Gasteiger partial charge < -0.3 is 10.1 Å². The van der Waals surface area contributed by atoms with Gasteiger partial charge in [0.2, 0.25) is 0 Å². The van der Waals surface area contributed by atoms with Crippen molar-refractivity contribution in [2.45, 2.75) is 13.1 Å². The molecule has 0 saturated heterocycles. The molecule has 0 aliphatic carbocycles. The Bertz CT molecular complexity index is 1420. The molecule has 0 fully saturated rings. The van der Waals surface area contributed by atoms with E-state index >= 15 is 0 Å². The summed E-state index contributed by atoms with van der Waals surface area (Å²) in [6, 6.07) is 13.0. The van der Waals surface area contributed by atoms with Gasteiger partial charge in [-0.15, -0.1) is 0 Å². The molecule has 38 heavy (non-hydrogen) atoms. The van der Waals surface area contributed by atoms with Gasteiger partial charge in [0, 0.05) is 12.1 Å². The van der Waals surface area contributed by atoms with Crippen molar-refractivity contribution in [1.82, 2.24) is 5.43 Å². The third kappa shape index (κ3) is 7.13. The fraction of sp³-hybridized carbons (Fsp3) is 0.0833. The zero-order chi connectivity index (χ0) is 28.0. The second kappa shape index (κ2) is 11.5. The van der Waals surface area contributed by atoms with E-state index in [9.17, 15) is 37.7 Å². The van der Waals surface area contributed by atoms with Crippen LogP contribution >= 0.6 is 11.6 Å². The molecule has 196 valence electrons. The van der Waals surface area contributed by atoms with E-state index in [1.54, 1.807) is 0 Å². The molecule has 3 aromatic rings. The summed E-state index contributed by atoms with van der Waals surface area (Å²) in [4.78, 5) is 46.4.